The number of likely N-dealkylation sites (N-methyl/N-ethyl adjacent to an activating group) is 1. The Balaban J connectivity index is 1.20. The average Bonchev–Trinajstić information content (AvgIpc) is 3.01. The maximum atomic E-state index is 5.48. The minimum absolute atomic E-state index is 0.760. The summed E-state index contributed by atoms with van der Waals surface area (Å²) in [6.07, 6.45) is 2.01. The summed E-state index contributed by atoms with van der Waals surface area (Å²) in [6, 6.07) is 19.8. The van der Waals surface area contributed by atoms with E-state index >= 15 is 0 Å². The quantitative estimate of drug-likeness (QED) is 0.413. The van der Waals surface area contributed by atoms with Crippen LogP contribution in [0.4, 0.5) is 11.6 Å². The highest BCUT2D eigenvalue weighted by atomic mass is 16.5. The van der Waals surface area contributed by atoms with E-state index in [1.165, 1.54) is 28.1 Å². The van der Waals surface area contributed by atoms with E-state index in [2.05, 4.69) is 86.6 Å². The summed E-state index contributed by atoms with van der Waals surface area (Å²) in [5.74, 6) is 0.760. The number of morpholine rings is 1. The number of nitrogens with zero attached hydrogens (tertiary/aromatic N) is 6. The van der Waals surface area contributed by atoms with Crippen LogP contribution < -0.4 is 10.2 Å². The number of hydrogen-bond donors (Lipinski definition) is 1. The van der Waals surface area contributed by atoms with Crippen LogP contribution in [-0.4, -0.2) is 104 Å². The van der Waals surface area contributed by atoms with Crippen molar-refractivity contribution in [2.75, 3.05) is 89.4 Å². The topological polar surface area (TPSA) is 60.0 Å². The van der Waals surface area contributed by atoms with Crippen molar-refractivity contribution in [2.45, 2.75) is 25.9 Å². The van der Waals surface area contributed by atoms with E-state index in [0.29, 0.717) is 0 Å². The number of aromatic nitrogens is 2. The Hall–Kier alpha value is -3.04. The number of nitrogens with one attached hydrogen (secondary N) is 1. The van der Waals surface area contributed by atoms with Gasteiger partial charge in [0.1, 0.15) is 0 Å². The molecule has 4 heterocycles. The van der Waals surface area contributed by atoms with Crippen molar-refractivity contribution >= 4 is 11.6 Å². The molecule has 0 radical (unpaired) electrons. The highest BCUT2D eigenvalue weighted by Crippen LogP contribution is 2.31. The number of ether oxygens (including phenoxy) is 1. The Kier molecular flexibility index (Phi) is 8.88. The van der Waals surface area contributed by atoms with Crippen molar-refractivity contribution in [3.63, 3.8) is 0 Å². The standard InChI is InChI=1S/C32H43N7O/c1-36-16-18-39(19-17-36)28-10-8-27(9-11-28)31-29-25-38(24-26-6-3-2-4-7-26)15-12-30(29)34-32(35-31)33-13-5-14-37-20-22-40-23-21-37/h2-4,6-11H,5,12-25H2,1H3,(H,33,34,35). The molecule has 6 rings (SSSR count). The Labute approximate surface area is 239 Å². The monoisotopic (exact) mass is 541 g/mol. The third-order valence-corrected chi connectivity index (χ3v) is 8.44. The first-order valence-electron chi connectivity index (χ1n) is 15.0. The van der Waals surface area contributed by atoms with E-state index in [0.717, 1.165) is 110 Å². The Morgan fingerprint density at radius 3 is 2.38 bits per heavy atom. The van der Waals surface area contributed by atoms with Crippen molar-refractivity contribution in [3.8, 4) is 11.3 Å². The first-order valence-corrected chi connectivity index (χ1v) is 15.0. The van der Waals surface area contributed by atoms with Gasteiger partial charge in [-0.3, -0.25) is 9.80 Å². The zero-order chi connectivity index (χ0) is 27.1. The van der Waals surface area contributed by atoms with Gasteiger partial charge in [0.2, 0.25) is 5.95 Å². The van der Waals surface area contributed by atoms with Crippen LogP contribution >= 0.6 is 0 Å². The van der Waals surface area contributed by atoms with Crippen LogP contribution in [0.5, 0.6) is 0 Å². The van der Waals surface area contributed by atoms with E-state index in [1.54, 1.807) is 0 Å². The van der Waals surface area contributed by atoms with Gasteiger partial charge in [-0.05, 0) is 37.7 Å². The fourth-order valence-corrected chi connectivity index (χ4v) is 5.99. The molecule has 0 amide bonds. The molecule has 0 aliphatic carbocycles. The molecule has 1 N–H and O–H groups in total. The van der Waals surface area contributed by atoms with Gasteiger partial charge in [0.05, 0.1) is 24.6 Å². The summed E-state index contributed by atoms with van der Waals surface area (Å²) in [6.45, 7) is 12.9. The van der Waals surface area contributed by atoms with Crippen LogP contribution in [-0.2, 0) is 24.2 Å². The normalized spacial score (nSPS) is 19.0. The van der Waals surface area contributed by atoms with Crippen LogP contribution in [0.1, 0.15) is 23.2 Å². The number of rotatable bonds is 9. The lowest BCUT2D eigenvalue weighted by Gasteiger charge is -2.34. The molecule has 0 atom stereocenters. The molecule has 0 bridgehead atoms. The molecule has 212 valence electrons. The molecule has 40 heavy (non-hydrogen) atoms. The summed E-state index contributed by atoms with van der Waals surface area (Å²) < 4.78 is 5.48. The van der Waals surface area contributed by atoms with Crippen molar-refractivity contribution < 1.29 is 4.74 Å². The minimum atomic E-state index is 0.760. The predicted molar refractivity (Wildman–Crippen MR) is 162 cm³/mol. The van der Waals surface area contributed by atoms with Crippen molar-refractivity contribution in [3.05, 3.63) is 71.4 Å². The maximum Gasteiger partial charge on any atom is 0.223 e. The van der Waals surface area contributed by atoms with Crippen LogP contribution in [0.2, 0.25) is 0 Å². The lowest BCUT2D eigenvalue weighted by atomic mass is 9.98. The van der Waals surface area contributed by atoms with Crippen LogP contribution in [0.25, 0.3) is 11.3 Å². The van der Waals surface area contributed by atoms with Gasteiger partial charge in [0.15, 0.2) is 0 Å². The fraction of sp³-hybridized carbons (Fsp3) is 0.500. The second-order valence-electron chi connectivity index (χ2n) is 11.3. The third kappa shape index (κ3) is 6.81. The van der Waals surface area contributed by atoms with Gasteiger partial charge in [-0.15, -0.1) is 0 Å². The molecule has 0 saturated carbocycles. The average molecular weight is 542 g/mol. The van der Waals surface area contributed by atoms with Crippen molar-refractivity contribution in [1.82, 2.24) is 24.7 Å². The molecule has 8 nitrogen and oxygen atoms in total. The SMILES string of the molecule is CN1CCN(c2ccc(-c3nc(NCCCN4CCOCC4)nc4c3CN(Cc3ccccc3)CC4)cc2)CC1. The van der Waals surface area contributed by atoms with Gasteiger partial charge in [0.25, 0.3) is 0 Å². The lowest BCUT2D eigenvalue weighted by Crippen LogP contribution is -2.44. The highest BCUT2D eigenvalue weighted by molar-refractivity contribution is 5.68. The molecule has 2 aromatic carbocycles. The number of fused-ring (bicyclic) bond motifs is 1. The maximum absolute atomic E-state index is 5.48. The van der Waals surface area contributed by atoms with Gasteiger partial charge in [0, 0.05) is 88.7 Å². The highest BCUT2D eigenvalue weighted by Gasteiger charge is 2.24. The molecule has 0 spiro atoms. The summed E-state index contributed by atoms with van der Waals surface area (Å²) in [4.78, 5) is 20.1. The second kappa shape index (κ2) is 13.1. The molecule has 2 saturated heterocycles. The van der Waals surface area contributed by atoms with E-state index in [-0.39, 0.29) is 0 Å². The minimum Gasteiger partial charge on any atom is -0.379 e. The first-order chi connectivity index (χ1) is 19.7. The fourth-order valence-electron chi connectivity index (χ4n) is 5.99. The molecular formula is C32H43N7O. The molecule has 2 fully saturated rings. The largest absolute Gasteiger partial charge is 0.379 e. The second-order valence-corrected chi connectivity index (χ2v) is 11.3. The van der Waals surface area contributed by atoms with Gasteiger partial charge in [-0.1, -0.05) is 42.5 Å². The van der Waals surface area contributed by atoms with Gasteiger partial charge < -0.3 is 19.9 Å². The summed E-state index contributed by atoms with van der Waals surface area (Å²) in [7, 11) is 2.20. The molecular weight excluding hydrogens is 498 g/mol. The van der Waals surface area contributed by atoms with Gasteiger partial charge in [-0.25, -0.2) is 9.97 Å². The number of piperazine rings is 1. The molecule has 3 aliphatic heterocycles. The van der Waals surface area contributed by atoms with Gasteiger partial charge >= 0.3 is 0 Å². The molecule has 1 aromatic heterocycles. The lowest BCUT2D eigenvalue weighted by molar-refractivity contribution is 0.0378. The van der Waals surface area contributed by atoms with E-state index < -0.39 is 0 Å². The zero-order valence-corrected chi connectivity index (χ0v) is 23.9. The molecule has 0 unspecified atom stereocenters. The summed E-state index contributed by atoms with van der Waals surface area (Å²) in [5.41, 5.74) is 7.36. The number of benzene rings is 2. The van der Waals surface area contributed by atoms with Crippen LogP contribution in [0.3, 0.4) is 0 Å². The van der Waals surface area contributed by atoms with Gasteiger partial charge in [-0.2, -0.15) is 0 Å². The van der Waals surface area contributed by atoms with E-state index in [4.69, 9.17) is 14.7 Å². The molecule has 3 aliphatic rings. The van der Waals surface area contributed by atoms with E-state index in [1.807, 2.05) is 0 Å². The molecule has 3 aromatic rings. The van der Waals surface area contributed by atoms with E-state index in [9.17, 15) is 0 Å². The molecule has 8 heteroatoms. The first kappa shape index (κ1) is 27.1. The number of anilines is 2. The zero-order valence-electron chi connectivity index (χ0n) is 23.9. The Bertz CT molecular complexity index is 1220. The number of hydrogen-bond acceptors (Lipinski definition) is 8. The Morgan fingerprint density at radius 2 is 1.60 bits per heavy atom. The third-order valence-electron chi connectivity index (χ3n) is 8.44. The van der Waals surface area contributed by atoms with Crippen molar-refractivity contribution in [2.24, 2.45) is 0 Å². The summed E-state index contributed by atoms with van der Waals surface area (Å²) >= 11 is 0. The smallest absolute Gasteiger partial charge is 0.223 e. The Morgan fingerprint density at radius 1 is 0.825 bits per heavy atom. The predicted octanol–water partition coefficient (Wildman–Crippen LogP) is 3.59. The van der Waals surface area contributed by atoms with Crippen molar-refractivity contribution in [1.29, 1.82) is 0 Å². The van der Waals surface area contributed by atoms with Crippen LogP contribution in [0.15, 0.2) is 54.6 Å². The van der Waals surface area contributed by atoms with Crippen LogP contribution in [0, 0.1) is 0 Å². The summed E-state index contributed by atoms with van der Waals surface area (Å²) in [5, 5.41) is 3.56.